The smallest absolute Gasteiger partial charge is 0.161 e. The van der Waals surface area contributed by atoms with Crippen LogP contribution in [0.25, 0.3) is 0 Å². The Morgan fingerprint density at radius 2 is 1.84 bits per heavy atom. The maximum atomic E-state index is 10.4. The van der Waals surface area contributed by atoms with E-state index in [1.165, 1.54) is 0 Å². The van der Waals surface area contributed by atoms with E-state index < -0.39 is 6.10 Å². The van der Waals surface area contributed by atoms with Gasteiger partial charge in [-0.15, -0.1) is 0 Å². The topological polar surface area (TPSA) is 47.9 Å². The molecule has 106 valence electrons. The van der Waals surface area contributed by atoms with E-state index >= 15 is 0 Å². The van der Waals surface area contributed by atoms with Crippen molar-refractivity contribution in [3.05, 3.63) is 23.8 Å². The Morgan fingerprint density at radius 3 is 2.47 bits per heavy atom. The number of rotatable bonds is 4. The molecule has 1 N–H and O–H groups in total. The predicted molar refractivity (Wildman–Crippen MR) is 72.6 cm³/mol. The average Bonchev–Trinajstić information content (AvgIpc) is 2.63. The van der Waals surface area contributed by atoms with Gasteiger partial charge in [0.25, 0.3) is 0 Å². The van der Waals surface area contributed by atoms with Gasteiger partial charge in [-0.3, -0.25) is 0 Å². The van der Waals surface area contributed by atoms with Gasteiger partial charge in [-0.05, 0) is 23.6 Å². The molecule has 2 unspecified atom stereocenters. The first-order valence-corrected chi connectivity index (χ1v) is 6.74. The molecular weight excluding hydrogens is 244 g/mol. The molecule has 4 heteroatoms. The van der Waals surface area contributed by atoms with Crippen LogP contribution in [0.5, 0.6) is 11.5 Å². The Kier molecular flexibility index (Phi) is 4.66. The molecule has 4 nitrogen and oxygen atoms in total. The van der Waals surface area contributed by atoms with E-state index in [9.17, 15) is 5.11 Å². The zero-order valence-corrected chi connectivity index (χ0v) is 11.8. The lowest BCUT2D eigenvalue weighted by Crippen LogP contribution is -2.26. The highest BCUT2D eigenvalue weighted by Gasteiger charge is 2.25. The molecule has 1 aromatic carbocycles. The van der Waals surface area contributed by atoms with Crippen LogP contribution in [0.4, 0.5) is 0 Å². The molecule has 0 saturated heterocycles. The fraction of sp³-hybridized carbons (Fsp3) is 0.600. The number of methoxy groups -OCH3 is 1. The van der Waals surface area contributed by atoms with Gasteiger partial charge in [0.1, 0.15) is 6.10 Å². The molecule has 0 fully saturated rings. The molecule has 2 rings (SSSR count). The highest BCUT2D eigenvalue weighted by atomic mass is 16.5. The summed E-state index contributed by atoms with van der Waals surface area (Å²) < 4.78 is 16.6. The first-order chi connectivity index (χ1) is 9.13. The Labute approximate surface area is 114 Å². The summed E-state index contributed by atoms with van der Waals surface area (Å²) in [7, 11) is 1.62. The monoisotopic (exact) mass is 266 g/mol. The molecular formula is C15H22O4. The van der Waals surface area contributed by atoms with Gasteiger partial charge in [0.2, 0.25) is 0 Å². The van der Waals surface area contributed by atoms with E-state index in [0.29, 0.717) is 19.0 Å². The molecule has 1 aromatic rings. The molecule has 1 heterocycles. The molecule has 0 radical (unpaired) electrons. The van der Waals surface area contributed by atoms with Crippen molar-refractivity contribution < 1.29 is 19.3 Å². The molecule has 0 aliphatic carbocycles. The highest BCUT2D eigenvalue weighted by molar-refractivity contribution is 5.44. The maximum absolute atomic E-state index is 10.4. The summed E-state index contributed by atoms with van der Waals surface area (Å²) >= 11 is 0. The van der Waals surface area contributed by atoms with Crippen LogP contribution >= 0.6 is 0 Å². The van der Waals surface area contributed by atoms with Crippen molar-refractivity contribution in [1.29, 1.82) is 0 Å². The Balaban J connectivity index is 2.23. The molecule has 0 spiro atoms. The Hall–Kier alpha value is -1.26. The fourth-order valence-corrected chi connectivity index (χ4v) is 2.32. The summed E-state index contributed by atoms with van der Waals surface area (Å²) in [5.41, 5.74) is 0.796. The van der Waals surface area contributed by atoms with Crippen LogP contribution < -0.4 is 9.47 Å². The third-order valence-electron chi connectivity index (χ3n) is 3.35. The van der Waals surface area contributed by atoms with Crippen molar-refractivity contribution in [3.8, 4) is 11.5 Å². The van der Waals surface area contributed by atoms with Gasteiger partial charge in [0, 0.05) is 13.5 Å². The summed E-state index contributed by atoms with van der Waals surface area (Å²) in [5.74, 6) is 1.68. The van der Waals surface area contributed by atoms with Crippen molar-refractivity contribution in [2.75, 3.05) is 20.3 Å². The van der Waals surface area contributed by atoms with Crippen LogP contribution in [0.3, 0.4) is 0 Å². The second-order valence-electron chi connectivity index (χ2n) is 5.15. The van der Waals surface area contributed by atoms with Crippen molar-refractivity contribution in [2.24, 2.45) is 5.92 Å². The minimum absolute atomic E-state index is 0.232. The Bertz CT molecular complexity index is 417. The Morgan fingerprint density at radius 1 is 1.16 bits per heavy atom. The summed E-state index contributed by atoms with van der Waals surface area (Å²) in [6, 6.07) is 5.57. The van der Waals surface area contributed by atoms with Crippen LogP contribution in [-0.2, 0) is 4.74 Å². The van der Waals surface area contributed by atoms with Crippen LogP contribution in [0.15, 0.2) is 18.2 Å². The largest absolute Gasteiger partial charge is 0.490 e. The summed E-state index contributed by atoms with van der Waals surface area (Å²) in [6.45, 7) is 5.37. The van der Waals surface area contributed by atoms with Gasteiger partial charge < -0.3 is 19.3 Å². The number of hydrogen-bond donors (Lipinski definition) is 1. The van der Waals surface area contributed by atoms with Crippen LogP contribution in [0, 0.1) is 5.92 Å². The van der Waals surface area contributed by atoms with E-state index in [-0.39, 0.29) is 12.0 Å². The molecule has 0 amide bonds. The highest BCUT2D eigenvalue weighted by Crippen LogP contribution is 2.34. The second-order valence-corrected chi connectivity index (χ2v) is 5.15. The summed E-state index contributed by atoms with van der Waals surface area (Å²) in [5, 5.41) is 10.4. The lowest BCUT2D eigenvalue weighted by Gasteiger charge is -2.25. The number of ether oxygens (including phenoxy) is 3. The minimum Gasteiger partial charge on any atom is -0.490 e. The minimum atomic E-state index is -0.665. The van der Waals surface area contributed by atoms with Gasteiger partial charge in [0.15, 0.2) is 11.5 Å². The summed E-state index contributed by atoms with van der Waals surface area (Å²) in [4.78, 5) is 0. The first kappa shape index (κ1) is 14.2. The lowest BCUT2D eigenvalue weighted by molar-refractivity contribution is -0.0391. The predicted octanol–water partition coefficient (Wildman–Crippen LogP) is 2.55. The number of benzene rings is 1. The molecule has 0 aromatic heterocycles. The third kappa shape index (κ3) is 3.19. The molecule has 1 aliphatic heterocycles. The van der Waals surface area contributed by atoms with Gasteiger partial charge in [0.05, 0.1) is 19.3 Å². The van der Waals surface area contributed by atoms with Crippen LogP contribution in [0.2, 0.25) is 0 Å². The van der Waals surface area contributed by atoms with Crippen molar-refractivity contribution in [3.63, 3.8) is 0 Å². The number of hydrogen-bond acceptors (Lipinski definition) is 4. The zero-order chi connectivity index (χ0) is 13.8. The lowest BCUT2D eigenvalue weighted by atomic mass is 9.96. The van der Waals surface area contributed by atoms with Gasteiger partial charge in [-0.25, -0.2) is 0 Å². The van der Waals surface area contributed by atoms with E-state index in [4.69, 9.17) is 14.2 Å². The van der Waals surface area contributed by atoms with E-state index in [0.717, 1.165) is 17.7 Å². The first-order valence-electron chi connectivity index (χ1n) is 6.74. The third-order valence-corrected chi connectivity index (χ3v) is 3.35. The van der Waals surface area contributed by atoms with Crippen LogP contribution in [0.1, 0.15) is 31.9 Å². The van der Waals surface area contributed by atoms with Gasteiger partial charge in [-0.2, -0.15) is 0 Å². The normalized spacial score (nSPS) is 17.9. The molecule has 19 heavy (non-hydrogen) atoms. The van der Waals surface area contributed by atoms with Gasteiger partial charge in [-0.1, -0.05) is 19.9 Å². The van der Waals surface area contributed by atoms with Crippen molar-refractivity contribution in [2.45, 2.75) is 32.5 Å². The van der Waals surface area contributed by atoms with E-state index in [1.807, 2.05) is 32.0 Å². The fourth-order valence-electron chi connectivity index (χ4n) is 2.32. The SMILES string of the molecule is COC(C(C)C)C(O)c1ccc2c(c1)OCCCO2. The molecule has 0 bridgehead atoms. The summed E-state index contributed by atoms with van der Waals surface area (Å²) in [6.07, 6.45) is -0.0221. The second kappa shape index (κ2) is 6.26. The molecule has 1 aliphatic rings. The average molecular weight is 266 g/mol. The quantitative estimate of drug-likeness (QED) is 0.910. The van der Waals surface area contributed by atoms with Gasteiger partial charge >= 0.3 is 0 Å². The van der Waals surface area contributed by atoms with E-state index in [1.54, 1.807) is 7.11 Å². The zero-order valence-electron chi connectivity index (χ0n) is 11.8. The van der Waals surface area contributed by atoms with E-state index in [2.05, 4.69) is 0 Å². The van der Waals surface area contributed by atoms with Crippen LogP contribution in [-0.4, -0.2) is 31.5 Å². The number of fused-ring (bicyclic) bond motifs is 1. The van der Waals surface area contributed by atoms with Crippen molar-refractivity contribution >= 4 is 0 Å². The van der Waals surface area contributed by atoms with Crippen molar-refractivity contribution in [1.82, 2.24) is 0 Å². The molecule has 0 saturated carbocycles. The standard InChI is InChI=1S/C15H22O4/c1-10(2)15(17-3)14(16)11-5-6-12-13(9-11)19-8-4-7-18-12/h5-6,9-10,14-16H,4,7-8H2,1-3H3. The number of aliphatic hydroxyl groups is 1. The number of aliphatic hydroxyl groups excluding tert-OH is 1. The molecule has 2 atom stereocenters. The maximum Gasteiger partial charge on any atom is 0.161 e.